The molecule has 0 saturated heterocycles. The summed E-state index contributed by atoms with van der Waals surface area (Å²) in [7, 11) is -2.63. The summed E-state index contributed by atoms with van der Waals surface area (Å²) in [5.41, 5.74) is 4.02. The van der Waals surface area contributed by atoms with Gasteiger partial charge in [0.1, 0.15) is 23.7 Å². The Kier molecular flexibility index (Phi) is 7.45. The summed E-state index contributed by atoms with van der Waals surface area (Å²) in [5.74, 6) is -0.851. The van der Waals surface area contributed by atoms with Crippen molar-refractivity contribution in [3.63, 3.8) is 0 Å². The number of sulfonamides is 1. The van der Waals surface area contributed by atoms with Crippen molar-refractivity contribution in [3.8, 4) is 11.5 Å². The highest BCUT2D eigenvalue weighted by Gasteiger charge is 2.22. The van der Waals surface area contributed by atoms with Crippen molar-refractivity contribution in [1.82, 2.24) is 0 Å². The Morgan fingerprint density at radius 1 is 1.00 bits per heavy atom. The highest BCUT2D eigenvalue weighted by Crippen LogP contribution is 2.30. The molecule has 0 aliphatic rings. The summed E-state index contributed by atoms with van der Waals surface area (Å²) >= 11 is 0. The van der Waals surface area contributed by atoms with Crippen molar-refractivity contribution in [1.29, 1.82) is 0 Å². The zero-order valence-corrected chi connectivity index (χ0v) is 21.6. The predicted molar refractivity (Wildman–Crippen MR) is 136 cm³/mol. The Morgan fingerprint density at radius 3 is 2.23 bits per heavy atom. The van der Waals surface area contributed by atoms with Crippen molar-refractivity contribution in [2.45, 2.75) is 51.5 Å². The van der Waals surface area contributed by atoms with Crippen LogP contribution in [0.4, 0.5) is 5.69 Å². The highest BCUT2D eigenvalue weighted by molar-refractivity contribution is 7.92. The number of methoxy groups -OCH3 is 1. The van der Waals surface area contributed by atoms with Crippen LogP contribution in [0.1, 0.15) is 53.4 Å². The van der Waals surface area contributed by atoms with Gasteiger partial charge in [0.25, 0.3) is 10.0 Å². The molecule has 0 amide bonds. The second-order valence-corrected chi connectivity index (χ2v) is 11.1. The molecule has 0 saturated carbocycles. The van der Waals surface area contributed by atoms with E-state index in [9.17, 15) is 18.3 Å². The van der Waals surface area contributed by atoms with Gasteiger partial charge in [0, 0.05) is 0 Å². The first-order chi connectivity index (χ1) is 16.3. The number of rotatable bonds is 7. The van der Waals surface area contributed by atoms with Gasteiger partial charge in [-0.1, -0.05) is 45.0 Å². The van der Waals surface area contributed by atoms with Gasteiger partial charge in [-0.3, -0.25) is 4.72 Å². The third-order valence-electron chi connectivity index (χ3n) is 5.76. The van der Waals surface area contributed by atoms with E-state index in [1.165, 1.54) is 18.7 Å². The number of benzene rings is 3. The van der Waals surface area contributed by atoms with Crippen molar-refractivity contribution < 1.29 is 27.8 Å². The molecule has 0 bridgehead atoms. The molecule has 0 atom stereocenters. The summed E-state index contributed by atoms with van der Waals surface area (Å²) in [4.78, 5) is 12.6. The van der Waals surface area contributed by atoms with Crippen LogP contribution in [0, 0.1) is 13.8 Å². The van der Waals surface area contributed by atoms with Gasteiger partial charge in [-0.2, -0.15) is 0 Å². The molecule has 0 radical (unpaired) electrons. The quantitative estimate of drug-likeness (QED) is 0.420. The summed E-state index contributed by atoms with van der Waals surface area (Å²) in [6.45, 7) is 10.3. The number of para-hydroxylation sites is 2. The first kappa shape index (κ1) is 26.1. The van der Waals surface area contributed by atoms with Crippen LogP contribution in [0.25, 0.3) is 0 Å². The van der Waals surface area contributed by atoms with Crippen LogP contribution < -0.4 is 9.46 Å². The number of hydrogen-bond acceptors (Lipinski definition) is 6. The fourth-order valence-corrected chi connectivity index (χ4v) is 4.74. The summed E-state index contributed by atoms with van der Waals surface area (Å²) in [6.07, 6.45) is 0. The minimum absolute atomic E-state index is 0.00317. The molecule has 2 N–H and O–H groups in total. The number of carbonyl (C=O) groups excluding carboxylic acids is 1. The Balaban J connectivity index is 1.83. The van der Waals surface area contributed by atoms with E-state index in [2.05, 4.69) is 37.6 Å². The average Bonchev–Trinajstić information content (AvgIpc) is 2.78. The summed E-state index contributed by atoms with van der Waals surface area (Å²) < 4.78 is 39.0. The number of hydrogen-bond donors (Lipinski definition) is 2. The molecule has 3 aromatic carbocycles. The Bertz CT molecular complexity index is 1330. The average molecular weight is 498 g/mol. The van der Waals surface area contributed by atoms with Crippen LogP contribution in [-0.2, 0) is 26.8 Å². The molecular formula is C27H31NO6S. The molecule has 3 rings (SSSR count). The largest absolute Gasteiger partial charge is 0.507 e. The van der Waals surface area contributed by atoms with Crippen LogP contribution in [-0.4, -0.2) is 26.6 Å². The van der Waals surface area contributed by atoms with Crippen LogP contribution in [0.3, 0.4) is 0 Å². The smallest absolute Gasteiger partial charge is 0.342 e. The highest BCUT2D eigenvalue weighted by atomic mass is 32.2. The number of phenolic OH excluding ortho intramolecular Hbond substituents is 1. The van der Waals surface area contributed by atoms with Gasteiger partial charge in [-0.05, 0) is 71.8 Å². The number of nitrogens with one attached hydrogen (secondary N) is 1. The van der Waals surface area contributed by atoms with Crippen molar-refractivity contribution in [2.75, 3.05) is 11.8 Å². The molecule has 0 fully saturated rings. The molecular weight excluding hydrogens is 466 g/mol. The van der Waals surface area contributed by atoms with Crippen LogP contribution in [0.5, 0.6) is 11.5 Å². The van der Waals surface area contributed by atoms with E-state index < -0.39 is 16.0 Å². The second kappa shape index (κ2) is 10.00. The van der Waals surface area contributed by atoms with E-state index in [1.807, 2.05) is 13.8 Å². The molecule has 0 spiro atoms. The van der Waals surface area contributed by atoms with Crippen molar-refractivity contribution in [3.05, 3.63) is 82.4 Å². The third-order valence-corrected chi connectivity index (χ3v) is 7.12. The standard InChI is InChI=1S/C27H31NO6S/c1-17-13-19(27(3,4)5)14-18(2)22(17)16-34-26(30)21-15-20(11-12-24(21)29)35(31,32)28-23-9-7-8-10-25(23)33-6/h7-15,28-29H,16H2,1-6H3. The van der Waals surface area contributed by atoms with E-state index >= 15 is 0 Å². The van der Waals surface area contributed by atoms with Gasteiger partial charge >= 0.3 is 5.97 Å². The van der Waals surface area contributed by atoms with Gasteiger partial charge in [0.15, 0.2) is 0 Å². The van der Waals surface area contributed by atoms with Crippen molar-refractivity contribution in [2.24, 2.45) is 0 Å². The Labute approximate surface area is 206 Å². The van der Waals surface area contributed by atoms with Gasteiger partial charge in [0.05, 0.1) is 17.7 Å². The molecule has 186 valence electrons. The number of esters is 1. The molecule has 0 unspecified atom stereocenters. The maximum atomic E-state index is 12.9. The molecule has 0 aliphatic heterocycles. The lowest BCUT2D eigenvalue weighted by molar-refractivity contribution is 0.0468. The fourth-order valence-electron chi connectivity index (χ4n) is 3.65. The number of aryl methyl sites for hydroxylation is 2. The Morgan fingerprint density at radius 2 is 1.63 bits per heavy atom. The molecule has 0 aliphatic carbocycles. The first-order valence-electron chi connectivity index (χ1n) is 11.1. The van der Waals surface area contributed by atoms with Gasteiger partial charge in [-0.25, -0.2) is 13.2 Å². The minimum atomic E-state index is -4.07. The van der Waals surface area contributed by atoms with Crippen molar-refractivity contribution >= 4 is 21.7 Å². The van der Waals surface area contributed by atoms with Crippen LogP contribution in [0.2, 0.25) is 0 Å². The molecule has 35 heavy (non-hydrogen) atoms. The van der Waals surface area contributed by atoms with Gasteiger partial charge in [0.2, 0.25) is 0 Å². The molecule has 0 heterocycles. The maximum Gasteiger partial charge on any atom is 0.342 e. The first-order valence-corrected chi connectivity index (χ1v) is 12.6. The molecule has 7 nitrogen and oxygen atoms in total. The third kappa shape index (κ3) is 5.95. The van der Waals surface area contributed by atoms with E-state index in [1.54, 1.807) is 24.3 Å². The lowest BCUT2D eigenvalue weighted by Crippen LogP contribution is -2.15. The van der Waals surface area contributed by atoms with Gasteiger partial charge < -0.3 is 14.6 Å². The molecule has 3 aromatic rings. The zero-order valence-electron chi connectivity index (χ0n) is 20.8. The maximum absolute atomic E-state index is 12.9. The Hall–Kier alpha value is -3.52. The monoisotopic (exact) mass is 497 g/mol. The normalized spacial score (nSPS) is 11.7. The summed E-state index contributed by atoms with van der Waals surface area (Å²) in [6, 6.07) is 14.2. The van der Waals surface area contributed by atoms with Gasteiger partial charge in [-0.15, -0.1) is 0 Å². The van der Waals surface area contributed by atoms with E-state index in [4.69, 9.17) is 9.47 Å². The van der Waals surface area contributed by atoms with E-state index in [-0.39, 0.29) is 33.9 Å². The molecule has 0 aromatic heterocycles. The number of phenols is 1. The number of anilines is 1. The second-order valence-electron chi connectivity index (χ2n) is 9.40. The number of aromatic hydroxyl groups is 1. The minimum Gasteiger partial charge on any atom is -0.507 e. The summed E-state index contributed by atoms with van der Waals surface area (Å²) in [5, 5.41) is 10.2. The fraction of sp³-hybridized carbons (Fsp3) is 0.296. The lowest BCUT2D eigenvalue weighted by atomic mass is 9.84. The predicted octanol–water partition coefficient (Wildman–Crippen LogP) is 5.47. The zero-order chi connectivity index (χ0) is 26.0. The van der Waals surface area contributed by atoms with Crippen LogP contribution in [0.15, 0.2) is 59.5 Å². The number of carbonyl (C=O) groups is 1. The van der Waals surface area contributed by atoms with E-state index in [0.29, 0.717) is 5.75 Å². The topological polar surface area (TPSA) is 102 Å². The number of ether oxygens (including phenoxy) is 2. The molecule has 8 heteroatoms. The lowest BCUT2D eigenvalue weighted by Gasteiger charge is -2.22. The van der Waals surface area contributed by atoms with Crippen LogP contribution >= 0.6 is 0 Å². The SMILES string of the molecule is COc1ccccc1NS(=O)(=O)c1ccc(O)c(C(=O)OCc2c(C)cc(C(C)(C)C)cc2C)c1. The van der Waals surface area contributed by atoms with E-state index in [0.717, 1.165) is 28.8 Å².